The second kappa shape index (κ2) is 4.15. The van der Waals surface area contributed by atoms with Crippen molar-refractivity contribution in [2.45, 2.75) is 0 Å². The van der Waals surface area contributed by atoms with E-state index in [0.717, 1.165) is 4.90 Å². The number of amides is 2. The number of hydrogen-bond acceptors (Lipinski definition) is 4. The molecule has 0 bridgehead atoms. The lowest BCUT2D eigenvalue weighted by Crippen LogP contribution is -2.33. The molecule has 0 saturated heterocycles. The van der Waals surface area contributed by atoms with E-state index in [1.54, 1.807) is 24.3 Å². The smallest absolute Gasteiger partial charge is 0.261 e. The molecule has 0 saturated carbocycles. The van der Waals surface area contributed by atoms with Crippen LogP contribution >= 0.6 is 0 Å². The van der Waals surface area contributed by atoms with Crippen LogP contribution in [0.5, 0.6) is 0 Å². The van der Waals surface area contributed by atoms with Crippen LogP contribution in [-0.4, -0.2) is 37.8 Å². The minimum Gasteiger partial charge on any atom is -0.772 e. The first-order chi connectivity index (χ1) is 7.61. The summed E-state index contributed by atoms with van der Waals surface area (Å²) in [5.74, 6) is -1.08. The van der Waals surface area contributed by atoms with E-state index in [2.05, 4.69) is 0 Å². The average Bonchev–Trinajstić information content (AvgIpc) is 2.50. The molecule has 1 aliphatic rings. The molecule has 84 valence electrons. The molecule has 6 heteroatoms. The molecule has 1 aliphatic heterocycles. The number of fused-ring (bicyclic) bond motifs is 1. The Morgan fingerprint density at radius 1 is 1.12 bits per heavy atom. The van der Waals surface area contributed by atoms with Gasteiger partial charge >= 0.3 is 0 Å². The second-order valence-corrected chi connectivity index (χ2v) is 4.33. The fraction of sp³-hybridized carbons (Fsp3) is 0.200. The third-order valence-corrected chi connectivity index (χ3v) is 2.88. The molecule has 1 atom stereocenters. The fourth-order valence-electron chi connectivity index (χ4n) is 1.61. The maximum absolute atomic E-state index is 11.7. The van der Waals surface area contributed by atoms with E-state index in [0.29, 0.717) is 11.1 Å². The van der Waals surface area contributed by atoms with Gasteiger partial charge in [-0.05, 0) is 12.1 Å². The molecule has 0 radical (unpaired) electrons. The monoisotopic (exact) mass is 238 g/mol. The van der Waals surface area contributed by atoms with Gasteiger partial charge in [-0.15, -0.1) is 0 Å². The van der Waals surface area contributed by atoms with E-state index >= 15 is 0 Å². The van der Waals surface area contributed by atoms with Gasteiger partial charge in [0.15, 0.2) is 0 Å². The first kappa shape index (κ1) is 11.0. The molecule has 1 aromatic carbocycles. The lowest BCUT2D eigenvalue weighted by molar-refractivity contribution is 0.0664. The van der Waals surface area contributed by atoms with E-state index < -0.39 is 22.9 Å². The van der Waals surface area contributed by atoms with Crippen molar-refractivity contribution in [3.63, 3.8) is 0 Å². The SMILES string of the molecule is O=C1c2ccccc2C(=O)N1CCS(=O)[O-]. The molecular formula is C10H8NO4S-. The van der Waals surface area contributed by atoms with E-state index in [-0.39, 0.29) is 12.3 Å². The van der Waals surface area contributed by atoms with Gasteiger partial charge < -0.3 is 4.55 Å². The number of carbonyl (C=O) groups is 2. The minimum absolute atomic E-state index is 0.0948. The summed E-state index contributed by atoms with van der Waals surface area (Å²) in [4.78, 5) is 24.4. The van der Waals surface area contributed by atoms with Gasteiger partial charge in [-0.25, -0.2) is 0 Å². The van der Waals surface area contributed by atoms with E-state index in [1.165, 1.54) is 0 Å². The summed E-state index contributed by atoms with van der Waals surface area (Å²) in [7, 11) is 0. The van der Waals surface area contributed by atoms with Crippen molar-refractivity contribution in [2.75, 3.05) is 12.3 Å². The molecule has 1 aromatic rings. The van der Waals surface area contributed by atoms with E-state index in [9.17, 15) is 18.4 Å². The number of benzene rings is 1. The third kappa shape index (κ3) is 1.77. The summed E-state index contributed by atoms with van der Waals surface area (Å²) in [5.41, 5.74) is 0.674. The van der Waals surface area contributed by atoms with Crippen molar-refractivity contribution in [2.24, 2.45) is 0 Å². The van der Waals surface area contributed by atoms with Crippen LogP contribution in [0.15, 0.2) is 24.3 Å². The van der Waals surface area contributed by atoms with Crippen LogP contribution < -0.4 is 0 Å². The van der Waals surface area contributed by atoms with Gasteiger partial charge in [-0.1, -0.05) is 23.2 Å². The van der Waals surface area contributed by atoms with Crippen molar-refractivity contribution in [1.82, 2.24) is 4.90 Å². The zero-order valence-corrected chi connectivity index (χ0v) is 9.03. The predicted molar refractivity (Wildman–Crippen MR) is 55.6 cm³/mol. The van der Waals surface area contributed by atoms with Crippen LogP contribution in [0.25, 0.3) is 0 Å². The molecule has 0 spiro atoms. The minimum atomic E-state index is -2.25. The summed E-state index contributed by atoms with van der Waals surface area (Å²) in [6.45, 7) is -0.0948. The number of imide groups is 1. The zero-order valence-electron chi connectivity index (χ0n) is 8.21. The lowest BCUT2D eigenvalue weighted by atomic mass is 10.1. The number of hydrogen-bond donors (Lipinski definition) is 0. The Morgan fingerprint density at radius 3 is 2.06 bits per heavy atom. The molecule has 1 unspecified atom stereocenters. The molecule has 0 aromatic heterocycles. The largest absolute Gasteiger partial charge is 0.772 e. The Bertz CT molecular complexity index is 450. The van der Waals surface area contributed by atoms with Crippen LogP contribution in [0, 0.1) is 0 Å². The Balaban J connectivity index is 2.25. The van der Waals surface area contributed by atoms with Crippen LogP contribution in [-0.2, 0) is 11.1 Å². The Morgan fingerprint density at radius 2 is 1.62 bits per heavy atom. The fourth-order valence-corrected chi connectivity index (χ4v) is 1.94. The molecule has 1 heterocycles. The third-order valence-electron chi connectivity index (χ3n) is 2.36. The number of rotatable bonds is 3. The summed E-state index contributed by atoms with van der Waals surface area (Å²) in [6.07, 6.45) is 0. The van der Waals surface area contributed by atoms with Crippen molar-refractivity contribution < 1.29 is 18.4 Å². The van der Waals surface area contributed by atoms with E-state index in [4.69, 9.17) is 0 Å². The van der Waals surface area contributed by atoms with Crippen LogP contribution in [0.3, 0.4) is 0 Å². The molecule has 2 amide bonds. The highest BCUT2D eigenvalue weighted by molar-refractivity contribution is 7.79. The number of nitrogens with zero attached hydrogens (tertiary/aromatic N) is 1. The Labute approximate surface area is 94.3 Å². The zero-order chi connectivity index (χ0) is 11.7. The Kier molecular flexibility index (Phi) is 2.84. The molecule has 0 aliphatic carbocycles. The van der Waals surface area contributed by atoms with E-state index in [1.807, 2.05) is 0 Å². The second-order valence-electron chi connectivity index (χ2n) is 3.32. The molecule has 0 N–H and O–H groups in total. The van der Waals surface area contributed by atoms with Gasteiger partial charge in [-0.2, -0.15) is 0 Å². The molecule has 16 heavy (non-hydrogen) atoms. The first-order valence-corrected chi connectivity index (χ1v) is 5.87. The van der Waals surface area contributed by atoms with Crippen molar-refractivity contribution in [3.05, 3.63) is 35.4 Å². The van der Waals surface area contributed by atoms with Gasteiger partial charge in [0.05, 0.1) is 11.1 Å². The summed E-state index contributed by atoms with van der Waals surface area (Å²) < 4.78 is 20.8. The van der Waals surface area contributed by atoms with Crippen molar-refractivity contribution in [3.8, 4) is 0 Å². The van der Waals surface area contributed by atoms with Gasteiger partial charge in [0.25, 0.3) is 11.8 Å². The average molecular weight is 238 g/mol. The predicted octanol–water partition coefficient (Wildman–Crippen LogP) is 0.162. The summed E-state index contributed by atoms with van der Waals surface area (Å²) in [5, 5.41) is 0. The normalized spacial score (nSPS) is 16.4. The lowest BCUT2D eigenvalue weighted by Gasteiger charge is -2.14. The number of carbonyl (C=O) groups excluding carboxylic acids is 2. The highest BCUT2D eigenvalue weighted by atomic mass is 32.2. The summed E-state index contributed by atoms with van der Waals surface area (Å²) >= 11 is -2.25. The van der Waals surface area contributed by atoms with Crippen molar-refractivity contribution >= 4 is 22.9 Å². The standard InChI is InChI=1S/C10H9NO4S/c12-9-7-3-1-2-4-8(7)10(13)11(9)5-6-16(14)15/h1-4H,5-6H2,(H,14,15)/p-1. The maximum Gasteiger partial charge on any atom is 0.261 e. The highest BCUT2D eigenvalue weighted by Crippen LogP contribution is 2.21. The maximum atomic E-state index is 11.7. The molecule has 2 rings (SSSR count). The molecule has 0 fully saturated rings. The van der Waals surface area contributed by atoms with Gasteiger partial charge in [0.2, 0.25) is 0 Å². The topological polar surface area (TPSA) is 77.5 Å². The van der Waals surface area contributed by atoms with Crippen LogP contribution in [0.4, 0.5) is 0 Å². The Hall–Kier alpha value is -1.53. The van der Waals surface area contributed by atoms with Crippen LogP contribution in [0.1, 0.15) is 20.7 Å². The van der Waals surface area contributed by atoms with Crippen LogP contribution in [0.2, 0.25) is 0 Å². The van der Waals surface area contributed by atoms with Gasteiger partial charge in [0.1, 0.15) is 0 Å². The molecular weight excluding hydrogens is 230 g/mol. The molecule has 5 nitrogen and oxygen atoms in total. The first-order valence-electron chi connectivity index (χ1n) is 4.62. The quantitative estimate of drug-likeness (QED) is 0.555. The van der Waals surface area contributed by atoms with Crippen molar-refractivity contribution in [1.29, 1.82) is 0 Å². The summed E-state index contributed by atoms with van der Waals surface area (Å²) in [6, 6.07) is 6.45. The highest BCUT2D eigenvalue weighted by Gasteiger charge is 2.34. The van der Waals surface area contributed by atoms with Gasteiger partial charge in [-0.3, -0.25) is 18.7 Å². The van der Waals surface area contributed by atoms with Gasteiger partial charge in [0, 0.05) is 12.3 Å².